The number of aliphatic hydroxyl groups is 1. The number of hydrogen-bond donors (Lipinski definition) is 2. The first-order valence-electron chi connectivity index (χ1n) is 9.44. The zero-order chi connectivity index (χ0) is 15.7. The van der Waals surface area contributed by atoms with E-state index >= 15 is 0 Å². The Morgan fingerprint density at radius 2 is 1.68 bits per heavy atom. The quantitative estimate of drug-likeness (QED) is 0.717. The SMILES string of the molecule is C[C@]12CC[C@H](O)C[C@H]1CC[C@@H]1[C@@H]2CC[C@]2(C)[C@@H](N)[C@H](F)C[C@@H]12. The highest BCUT2D eigenvalue weighted by atomic mass is 19.1. The van der Waals surface area contributed by atoms with E-state index in [4.69, 9.17) is 5.73 Å². The predicted octanol–water partition coefficient (Wildman–Crippen LogP) is 3.67. The number of aliphatic hydroxyl groups excluding tert-OH is 1. The number of rotatable bonds is 0. The molecule has 0 amide bonds. The van der Waals surface area contributed by atoms with E-state index < -0.39 is 6.17 Å². The number of hydrogen-bond acceptors (Lipinski definition) is 2. The van der Waals surface area contributed by atoms with E-state index in [1.165, 1.54) is 19.3 Å². The van der Waals surface area contributed by atoms with Gasteiger partial charge in [0.1, 0.15) is 6.17 Å². The lowest BCUT2D eigenvalue weighted by atomic mass is 9.45. The summed E-state index contributed by atoms with van der Waals surface area (Å²) >= 11 is 0. The molecular weight excluding hydrogens is 277 g/mol. The average Bonchev–Trinajstić information content (AvgIpc) is 2.72. The molecule has 4 saturated carbocycles. The van der Waals surface area contributed by atoms with Crippen molar-refractivity contribution in [2.45, 2.75) is 83.5 Å². The second-order valence-corrected chi connectivity index (χ2v) is 9.41. The Kier molecular flexibility index (Phi) is 3.44. The summed E-state index contributed by atoms with van der Waals surface area (Å²) in [5.41, 5.74) is 6.67. The smallest absolute Gasteiger partial charge is 0.116 e. The summed E-state index contributed by atoms with van der Waals surface area (Å²) in [6.45, 7) is 4.74. The van der Waals surface area contributed by atoms with Gasteiger partial charge in [-0.15, -0.1) is 0 Å². The molecule has 0 radical (unpaired) electrons. The second-order valence-electron chi connectivity index (χ2n) is 9.41. The van der Waals surface area contributed by atoms with Crippen molar-refractivity contribution >= 4 is 0 Å². The minimum Gasteiger partial charge on any atom is -0.393 e. The van der Waals surface area contributed by atoms with Crippen molar-refractivity contribution in [2.24, 2.45) is 40.2 Å². The van der Waals surface area contributed by atoms with Crippen LogP contribution in [0, 0.1) is 34.5 Å². The third-order valence-electron chi connectivity index (χ3n) is 8.71. The summed E-state index contributed by atoms with van der Waals surface area (Å²) in [5.74, 6) is 2.57. The molecule has 4 fully saturated rings. The van der Waals surface area contributed by atoms with Gasteiger partial charge in [-0.3, -0.25) is 0 Å². The summed E-state index contributed by atoms with van der Waals surface area (Å²) in [6, 6.07) is -0.253. The van der Waals surface area contributed by atoms with E-state index in [0.717, 1.165) is 31.6 Å². The van der Waals surface area contributed by atoms with Gasteiger partial charge in [0, 0.05) is 6.04 Å². The number of nitrogens with two attached hydrogens (primary N) is 1. The third-order valence-corrected chi connectivity index (χ3v) is 8.71. The van der Waals surface area contributed by atoms with E-state index in [9.17, 15) is 9.50 Å². The fourth-order valence-electron chi connectivity index (χ4n) is 7.24. The minimum atomic E-state index is -0.799. The summed E-state index contributed by atoms with van der Waals surface area (Å²) in [7, 11) is 0. The highest BCUT2D eigenvalue weighted by molar-refractivity contribution is 5.12. The Morgan fingerprint density at radius 1 is 0.955 bits per heavy atom. The van der Waals surface area contributed by atoms with Gasteiger partial charge in [-0.05, 0) is 85.9 Å². The van der Waals surface area contributed by atoms with Crippen molar-refractivity contribution < 1.29 is 9.50 Å². The lowest BCUT2D eigenvalue weighted by Gasteiger charge is -2.60. The van der Waals surface area contributed by atoms with Crippen molar-refractivity contribution in [3.05, 3.63) is 0 Å². The van der Waals surface area contributed by atoms with E-state index in [1.807, 2.05) is 0 Å². The lowest BCUT2D eigenvalue weighted by molar-refractivity contribution is -0.122. The normalized spacial score (nSPS) is 61.2. The molecule has 126 valence electrons. The largest absolute Gasteiger partial charge is 0.393 e. The van der Waals surface area contributed by atoms with Crippen LogP contribution in [0.4, 0.5) is 4.39 Å². The van der Waals surface area contributed by atoms with Crippen LogP contribution in [0.3, 0.4) is 0 Å². The number of fused-ring (bicyclic) bond motifs is 5. The Bertz CT molecular complexity index is 457. The molecule has 2 nitrogen and oxygen atoms in total. The van der Waals surface area contributed by atoms with Crippen molar-refractivity contribution in [1.29, 1.82) is 0 Å². The van der Waals surface area contributed by atoms with E-state index in [1.54, 1.807) is 0 Å². The molecule has 0 saturated heterocycles. The maximum absolute atomic E-state index is 14.3. The van der Waals surface area contributed by atoms with Gasteiger partial charge in [-0.2, -0.15) is 0 Å². The van der Waals surface area contributed by atoms with Crippen LogP contribution in [0.25, 0.3) is 0 Å². The fraction of sp³-hybridized carbons (Fsp3) is 1.00. The molecule has 0 unspecified atom stereocenters. The number of halogens is 1. The maximum atomic E-state index is 14.3. The minimum absolute atomic E-state index is 0.0258. The Hall–Kier alpha value is -0.150. The maximum Gasteiger partial charge on any atom is 0.116 e. The zero-order valence-corrected chi connectivity index (χ0v) is 14.1. The van der Waals surface area contributed by atoms with Crippen molar-refractivity contribution in [2.75, 3.05) is 0 Å². The molecule has 0 aromatic rings. The topological polar surface area (TPSA) is 46.2 Å². The van der Waals surface area contributed by atoms with Crippen LogP contribution in [0.2, 0.25) is 0 Å². The summed E-state index contributed by atoms with van der Waals surface area (Å²) in [4.78, 5) is 0. The van der Waals surface area contributed by atoms with Gasteiger partial charge in [0.15, 0.2) is 0 Å². The van der Waals surface area contributed by atoms with Crippen LogP contribution in [0.15, 0.2) is 0 Å². The van der Waals surface area contributed by atoms with Crippen LogP contribution in [0.5, 0.6) is 0 Å². The molecule has 0 heterocycles. The Balaban J connectivity index is 1.63. The van der Waals surface area contributed by atoms with Gasteiger partial charge in [-0.25, -0.2) is 4.39 Å². The average molecular weight is 309 g/mol. The van der Waals surface area contributed by atoms with Crippen LogP contribution in [-0.2, 0) is 0 Å². The fourth-order valence-corrected chi connectivity index (χ4v) is 7.24. The van der Waals surface area contributed by atoms with E-state index in [0.29, 0.717) is 29.6 Å². The Labute approximate surface area is 134 Å². The molecule has 0 spiro atoms. The monoisotopic (exact) mass is 309 g/mol. The third kappa shape index (κ3) is 1.90. The first kappa shape index (κ1) is 15.4. The van der Waals surface area contributed by atoms with E-state index in [2.05, 4.69) is 13.8 Å². The van der Waals surface area contributed by atoms with Gasteiger partial charge < -0.3 is 10.8 Å². The molecule has 9 atom stereocenters. The standard InChI is InChI=1S/C19H32FNO/c1-18-7-5-12(22)9-11(18)3-4-13-14(18)6-8-19(2)15(13)10-16(20)17(19)21/h11-17,22H,3-10,21H2,1-2H3/t11-,12+,13-,14+,15+,16-,17+,18+,19+/m1/s1. The second kappa shape index (κ2) is 4.92. The molecule has 4 rings (SSSR count). The lowest BCUT2D eigenvalue weighted by Crippen LogP contribution is -2.55. The molecule has 22 heavy (non-hydrogen) atoms. The van der Waals surface area contributed by atoms with Gasteiger partial charge in [0.05, 0.1) is 6.10 Å². The highest BCUT2D eigenvalue weighted by Gasteiger charge is 2.61. The molecule has 0 aromatic carbocycles. The van der Waals surface area contributed by atoms with Gasteiger partial charge in [0.25, 0.3) is 0 Å². The van der Waals surface area contributed by atoms with Gasteiger partial charge in [-0.1, -0.05) is 13.8 Å². The molecule has 0 aromatic heterocycles. The first-order valence-corrected chi connectivity index (χ1v) is 9.44. The van der Waals surface area contributed by atoms with Crippen molar-refractivity contribution in [3.8, 4) is 0 Å². The molecular formula is C19H32FNO. The number of alkyl halides is 1. The van der Waals surface area contributed by atoms with Crippen LogP contribution in [-0.4, -0.2) is 23.4 Å². The van der Waals surface area contributed by atoms with Crippen molar-refractivity contribution in [3.63, 3.8) is 0 Å². The molecule has 4 aliphatic rings. The summed E-state index contributed by atoms with van der Waals surface area (Å²) in [5, 5.41) is 10.1. The van der Waals surface area contributed by atoms with Gasteiger partial charge >= 0.3 is 0 Å². The first-order chi connectivity index (χ1) is 10.4. The molecule has 4 aliphatic carbocycles. The summed E-state index contributed by atoms with van der Waals surface area (Å²) < 4.78 is 14.3. The molecule has 3 heteroatoms. The van der Waals surface area contributed by atoms with Gasteiger partial charge in [0.2, 0.25) is 0 Å². The highest BCUT2D eigenvalue weighted by Crippen LogP contribution is 2.66. The van der Waals surface area contributed by atoms with Crippen LogP contribution in [0.1, 0.15) is 65.2 Å². The van der Waals surface area contributed by atoms with Crippen LogP contribution >= 0.6 is 0 Å². The van der Waals surface area contributed by atoms with E-state index in [-0.39, 0.29) is 17.6 Å². The molecule has 0 aliphatic heterocycles. The Morgan fingerprint density at radius 3 is 2.45 bits per heavy atom. The van der Waals surface area contributed by atoms with Crippen LogP contribution < -0.4 is 5.73 Å². The molecule has 3 N–H and O–H groups in total. The zero-order valence-electron chi connectivity index (χ0n) is 14.1. The molecule has 0 bridgehead atoms. The predicted molar refractivity (Wildman–Crippen MR) is 86.0 cm³/mol. The summed E-state index contributed by atoms with van der Waals surface area (Å²) in [6.07, 6.45) is 7.72. The van der Waals surface area contributed by atoms with Crippen molar-refractivity contribution in [1.82, 2.24) is 0 Å².